The number of piperidine rings is 1. The highest BCUT2D eigenvalue weighted by Gasteiger charge is 2.19. The molecule has 2 N–H and O–H groups in total. The molecule has 1 aliphatic heterocycles. The lowest BCUT2D eigenvalue weighted by Crippen LogP contribution is -2.43. The minimum absolute atomic E-state index is 0.0332. The number of nitrogens with one attached hydrogen (secondary N) is 1. The summed E-state index contributed by atoms with van der Waals surface area (Å²) in [5.41, 5.74) is 0.318. The molecule has 18 heavy (non-hydrogen) atoms. The minimum atomic E-state index is -0.190. The Morgan fingerprint density at radius 2 is 2.17 bits per heavy atom. The maximum Gasteiger partial charge on any atom is 0.270 e. The molecule has 0 radical (unpaired) electrons. The zero-order valence-corrected chi connectivity index (χ0v) is 11.8. The molecule has 0 spiro atoms. The van der Waals surface area contributed by atoms with E-state index in [-0.39, 0.29) is 17.7 Å². The van der Waals surface area contributed by atoms with Crippen LogP contribution in [0.1, 0.15) is 23.3 Å². The number of hydrogen-bond acceptors (Lipinski definition) is 4. The normalized spacial score (nSPS) is 17.7. The van der Waals surface area contributed by atoms with E-state index in [0.29, 0.717) is 10.3 Å². The lowest BCUT2D eigenvalue weighted by molar-refractivity contribution is 0.0911. The van der Waals surface area contributed by atoms with Gasteiger partial charge in [-0.25, -0.2) is 4.98 Å². The van der Waals surface area contributed by atoms with Gasteiger partial charge < -0.3 is 15.3 Å². The topological polar surface area (TPSA) is 65.5 Å². The third-order valence-electron chi connectivity index (χ3n) is 3.12. The number of amides is 1. The number of pyridine rings is 1. The third-order valence-corrected chi connectivity index (χ3v) is 3.70. The number of halogens is 1. The van der Waals surface area contributed by atoms with Crippen LogP contribution >= 0.6 is 15.9 Å². The molecular weight excluding hydrogens is 298 g/mol. The Balaban J connectivity index is 1.97. The second kappa shape index (κ2) is 5.67. The molecular formula is C12H16BrN3O2. The zero-order valence-electron chi connectivity index (χ0n) is 10.2. The minimum Gasteiger partial charge on any atom is -0.505 e. The van der Waals surface area contributed by atoms with Gasteiger partial charge in [-0.1, -0.05) is 0 Å². The van der Waals surface area contributed by atoms with Gasteiger partial charge in [0.15, 0.2) is 0 Å². The fourth-order valence-electron chi connectivity index (χ4n) is 1.97. The van der Waals surface area contributed by atoms with Gasteiger partial charge in [0.05, 0.1) is 0 Å². The molecule has 1 aromatic heterocycles. The first kappa shape index (κ1) is 13.3. The molecule has 0 aliphatic carbocycles. The first-order valence-electron chi connectivity index (χ1n) is 5.91. The van der Waals surface area contributed by atoms with E-state index in [9.17, 15) is 9.90 Å². The van der Waals surface area contributed by atoms with Crippen LogP contribution in [-0.2, 0) is 0 Å². The molecule has 0 aromatic carbocycles. The van der Waals surface area contributed by atoms with Gasteiger partial charge >= 0.3 is 0 Å². The van der Waals surface area contributed by atoms with Crippen LogP contribution in [0.5, 0.6) is 5.75 Å². The number of carbonyl (C=O) groups excluding carboxylic acids is 1. The molecule has 1 aromatic rings. The van der Waals surface area contributed by atoms with E-state index < -0.39 is 0 Å². The molecule has 1 saturated heterocycles. The standard InChI is InChI=1S/C12H16BrN3O2/c1-16-6-4-8(5-7-16)14-12(18)9-2-3-10(17)11(13)15-9/h2-3,8,17H,4-7H2,1H3,(H,14,18). The van der Waals surface area contributed by atoms with Gasteiger partial charge in [0, 0.05) is 6.04 Å². The average Bonchev–Trinajstić information content (AvgIpc) is 2.35. The summed E-state index contributed by atoms with van der Waals surface area (Å²) in [6, 6.07) is 3.19. The lowest BCUT2D eigenvalue weighted by Gasteiger charge is -2.29. The maximum atomic E-state index is 12.0. The molecule has 0 atom stereocenters. The molecule has 6 heteroatoms. The van der Waals surface area contributed by atoms with E-state index in [4.69, 9.17) is 0 Å². The van der Waals surface area contributed by atoms with Crippen molar-refractivity contribution in [1.82, 2.24) is 15.2 Å². The highest BCUT2D eigenvalue weighted by atomic mass is 79.9. The van der Waals surface area contributed by atoms with E-state index in [1.165, 1.54) is 12.1 Å². The zero-order chi connectivity index (χ0) is 13.1. The molecule has 1 fully saturated rings. The van der Waals surface area contributed by atoms with E-state index >= 15 is 0 Å². The molecule has 0 unspecified atom stereocenters. The smallest absolute Gasteiger partial charge is 0.270 e. The van der Waals surface area contributed by atoms with Crippen molar-refractivity contribution in [2.45, 2.75) is 18.9 Å². The van der Waals surface area contributed by atoms with Crippen molar-refractivity contribution in [3.8, 4) is 5.75 Å². The van der Waals surface area contributed by atoms with Crippen molar-refractivity contribution in [3.63, 3.8) is 0 Å². The van der Waals surface area contributed by atoms with Crippen LogP contribution in [0.15, 0.2) is 16.7 Å². The Morgan fingerprint density at radius 3 is 2.78 bits per heavy atom. The Morgan fingerprint density at radius 1 is 1.50 bits per heavy atom. The van der Waals surface area contributed by atoms with Crippen molar-refractivity contribution < 1.29 is 9.90 Å². The fraction of sp³-hybridized carbons (Fsp3) is 0.500. The summed E-state index contributed by atoms with van der Waals surface area (Å²) in [6.07, 6.45) is 1.92. The Labute approximate surface area is 114 Å². The van der Waals surface area contributed by atoms with Gasteiger partial charge in [-0.3, -0.25) is 4.79 Å². The third kappa shape index (κ3) is 3.20. The first-order valence-corrected chi connectivity index (χ1v) is 6.70. The van der Waals surface area contributed by atoms with Gasteiger partial charge in [0.25, 0.3) is 5.91 Å². The van der Waals surface area contributed by atoms with E-state index in [2.05, 4.69) is 38.2 Å². The lowest BCUT2D eigenvalue weighted by atomic mass is 10.1. The number of likely N-dealkylation sites (tertiary alicyclic amines) is 1. The molecule has 98 valence electrons. The Kier molecular flexibility index (Phi) is 4.19. The Bertz CT molecular complexity index is 445. The van der Waals surface area contributed by atoms with Crippen molar-refractivity contribution in [2.75, 3.05) is 20.1 Å². The predicted octanol–water partition coefficient (Wildman–Crippen LogP) is 1.37. The number of hydrogen-bond donors (Lipinski definition) is 2. The van der Waals surface area contributed by atoms with Crippen LogP contribution in [-0.4, -0.2) is 47.1 Å². The van der Waals surface area contributed by atoms with Crippen LogP contribution in [0.2, 0.25) is 0 Å². The first-order chi connectivity index (χ1) is 8.56. The van der Waals surface area contributed by atoms with Crippen LogP contribution in [0, 0.1) is 0 Å². The number of nitrogens with zero attached hydrogens (tertiary/aromatic N) is 2. The summed E-state index contributed by atoms with van der Waals surface area (Å²) < 4.78 is 0.290. The SMILES string of the molecule is CN1CCC(NC(=O)c2ccc(O)c(Br)n2)CC1. The van der Waals surface area contributed by atoms with Gasteiger partial charge in [-0.2, -0.15) is 0 Å². The summed E-state index contributed by atoms with van der Waals surface area (Å²) in [6.45, 7) is 2.00. The highest BCUT2D eigenvalue weighted by Crippen LogP contribution is 2.20. The molecule has 0 bridgehead atoms. The Hall–Kier alpha value is -1.14. The van der Waals surface area contributed by atoms with Crippen molar-refractivity contribution >= 4 is 21.8 Å². The van der Waals surface area contributed by atoms with Gasteiger partial charge in [-0.15, -0.1) is 0 Å². The molecule has 1 aliphatic rings. The largest absolute Gasteiger partial charge is 0.505 e. The van der Waals surface area contributed by atoms with Gasteiger partial charge in [-0.05, 0) is 61.0 Å². The van der Waals surface area contributed by atoms with Crippen molar-refractivity contribution in [3.05, 3.63) is 22.4 Å². The van der Waals surface area contributed by atoms with Crippen molar-refractivity contribution in [2.24, 2.45) is 0 Å². The van der Waals surface area contributed by atoms with E-state index in [0.717, 1.165) is 25.9 Å². The van der Waals surface area contributed by atoms with Crippen LogP contribution in [0.25, 0.3) is 0 Å². The molecule has 1 amide bonds. The van der Waals surface area contributed by atoms with Crippen LogP contribution in [0.4, 0.5) is 0 Å². The molecule has 2 rings (SSSR count). The summed E-state index contributed by atoms with van der Waals surface area (Å²) in [5, 5.41) is 12.3. The van der Waals surface area contributed by atoms with Gasteiger partial charge in [0.2, 0.25) is 0 Å². The second-order valence-corrected chi connectivity index (χ2v) is 5.31. The number of carbonyl (C=O) groups is 1. The average molecular weight is 314 g/mol. The molecule has 2 heterocycles. The number of aromatic hydroxyl groups is 1. The fourth-order valence-corrected chi connectivity index (χ4v) is 2.29. The van der Waals surface area contributed by atoms with Crippen LogP contribution < -0.4 is 5.32 Å². The summed E-state index contributed by atoms with van der Waals surface area (Å²) in [7, 11) is 2.08. The maximum absolute atomic E-state index is 12.0. The molecule has 5 nitrogen and oxygen atoms in total. The summed E-state index contributed by atoms with van der Waals surface area (Å²) in [4.78, 5) is 18.2. The summed E-state index contributed by atoms with van der Waals surface area (Å²) >= 11 is 3.10. The van der Waals surface area contributed by atoms with Crippen molar-refractivity contribution in [1.29, 1.82) is 0 Å². The highest BCUT2D eigenvalue weighted by molar-refractivity contribution is 9.10. The molecule has 0 saturated carbocycles. The van der Waals surface area contributed by atoms with E-state index in [1.807, 2.05) is 0 Å². The predicted molar refractivity (Wildman–Crippen MR) is 71.6 cm³/mol. The number of aromatic nitrogens is 1. The second-order valence-electron chi connectivity index (χ2n) is 4.56. The summed E-state index contributed by atoms with van der Waals surface area (Å²) in [5.74, 6) is -0.156. The number of rotatable bonds is 2. The monoisotopic (exact) mass is 313 g/mol. The van der Waals surface area contributed by atoms with Crippen LogP contribution in [0.3, 0.4) is 0 Å². The van der Waals surface area contributed by atoms with E-state index in [1.54, 1.807) is 0 Å². The van der Waals surface area contributed by atoms with Gasteiger partial charge in [0.1, 0.15) is 16.0 Å². The quantitative estimate of drug-likeness (QED) is 0.809.